The number of nitrogens with one attached hydrogen (secondary N) is 1. The average molecular weight is 314 g/mol. The van der Waals surface area contributed by atoms with Crippen LogP contribution in [-0.2, 0) is 0 Å². The van der Waals surface area contributed by atoms with Crippen LogP contribution >= 0.6 is 0 Å². The minimum atomic E-state index is -0.434. The molecule has 23 heavy (non-hydrogen) atoms. The van der Waals surface area contributed by atoms with Gasteiger partial charge in [-0.15, -0.1) is 0 Å². The van der Waals surface area contributed by atoms with Crippen molar-refractivity contribution in [1.82, 2.24) is 0 Å². The highest BCUT2D eigenvalue weighted by atomic mass is 19.1. The maximum absolute atomic E-state index is 13.3. The number of carbonyl (C=O) groups excluding carboxylic acids is 1. The van der Waals surface area contributed by atoms with Crippen molar-refractivity contribution in [2.24, 2.45) is 0 Å². The summed E-state index contributed by atoms with van der Waals surface area (Å²) >= 11 is 0. The molecule has 0 radical (unpaired) electrons. The number of nitrogens with zero attached hydrogens (tertiary/aromatic N) is 1. The van der Waals surface area contributed by atoms with Gasteiger partial charge in [0.1, 0.15) is 5.82 Å². The molecule has 0 atom stereocenters. The van der Waals surface area contributed by atoms with Gasteiger partial charge in [-0.25, -0.2) is 4.39 Å². The van der Waals surface area contributed by atoms with Gasteiger partial charge < -0.3 is 15.3 Å². The van der Waals surface area contributed by atoms with E-state index in [1.54, 1.807) is 6.07 Å². The third-order valence-corrected chi connectivity index (χ3v) is 4.04. The Kier molecular flexibility index (Phi) is 4.57. The predicted octanol–water partition coefficient (Wildman–Crippen LogP) is 3.04. The highest BCUT2D eigenvalue weighted by molar-refractivity contribution is 6.05. The van der Waals surface area contributed by atoms with Crippen molar-refractivity contribution in [3.8, 4) is 0 Å². The van der Waals surface area contributed by atoms with E-state index in [-0.39, 0.29) is 17.6 Å². The van der Waals surface area contributed by atoms with Crippen LogP contribution in [0.5, 0.6) is 0 Å². The van der Waals surface area contributed by atoms with Gasteiger partial charge in [-0.3, -0.25) is 4.79 Å². The number of hydrogen-bond acceptors (Lipinski definition) is 3. The lowest BCUT2D eigenvalue weighted by molar-refractivity contribution is 0.102. The fourth-order valence-electron chi connectivity index (χ4n) is 2.79. The molecule has 0 aromatic heterocycles. The molecule has 2 N–H and O–H groups in total. The Morgan fingerprint density at radius 3 is 2.61 bits per heavy atom. The highest BCUT2D eigenvalue weighted by Gasteiger charge is 2.20. The summed E-state index contributed by atoms with van der Waals surface area (Å²) < 4.78 is 13.3. The normalized spacial score (nSPS) is 15.5. The zero-order valence-corrected chi connectivity index (χ0v) is 12.7. The van der Waals surface area contributed by atoms with Crippen molar-refractivity contribution in [2.75, 3.05) is 23.3 Å². The van der Waals surface area contributed by atoms with Crippen LogP contribution in [0.2, 0.25) is 0 Å². The van der Waals surface area contributed by atoms with E-state index in [1.807, 2.05) is 24.3 Å². The molecule has 0 saturated carbocycles. The van der Waals surface area contributed by atoms with E-state index in [9.17, 15) is 14.3 Å². The molecule has 4 nitrogen and oxygen atoms in total. The SMILES string of the molecule is O=C(Nc1ccccc1N1CCC(O)CC1)c1cccc(F)c1. The molecule has 1 fully saturated rings. The van der Waals surface area contributed by atoms with E-state index >= 15 is 0 Å². The summed E-state index contributed by atoms with van der Waals surface area (Å²) in [5.74, 6) is -0.773. The van der Waals surface area contributed by atoms with Gasteiger partial charge in [0.05, 0.1) is 17.5 Å². The van der Waals surface area contributed by atoms with Crippen LogP contribution < -0.4 is 10.2 Å². The lowest BCUT2D eigenvalue weighted by atomic mass is 10.1. The number of piperidine rings is 1. The minimum absolute atomic E-state index is 0.250. The van der Waals surface area contributed by atoms with Gasteiger partial charge in [0.2, 0.25) is 0 Å². The Morgan fingerprint density at radius 2 is 1.87 bits per heavy atom. The first-order valence-electron chi connectivity index (χ1n) is 7.72. The monoisotopic (exact) mass is 314 g/mol. The van der Waals surface area contributed by atoms with E-state index in [4.69, 9.17) is 0 Å². The topological polar surface area (TPSA) is 52.6 Å². The smallest absolute Gasteiger partial charge is 0.255 e. The maximum Gasteiger partial charge on any atom is 0.255 e. The second kappa shape index (κ2) is 6.79. The Labute approximate surface area is 134 Å². The lowest BCUT2D eigenvalue weighted by Gasteiger charge is -2.32. The van der Waals surface area contributed by atoms with Crippen LogP contribution in [0, 0.1) is 5.82 Å². The third-order valence-electron chi connectivity index (χ3n) is 4.04. The number of halogens is 1. The molecule has 2 aromatic rings. The van der Waals surface area contributed by atoms with Gasteiger partial charge in [-0.2, -0.15) is 0 Å². The van der Waals surface area contributed by atoms with E-state index in [0.29, 0.717) is 18.5 Å². The van der Waals surface area contributed by atoms with Crippen molar-refractivity contribution in [2.45, 2.75) is 18.9 Å². The van der Waals surface area contributed by atoms with Gasteiger partial charge in [-0.05, 0) is 43.2 Å². The second-order valence-corrected chi connectivity index (χ2v) is 5.70. The molecule has 1 aliphatic rings. The van der Waals surface area contributed by atoms with Gasteiger partial charge >= 0.3 is 0 Å². The van der Waals surface area contributed by atoms with Crippen LogP contribution in [0.15, 0.2) is 48.5 Å². The van der Waals surface area contributed by atoms with E-state index < -0.39 is 5.82 Å². The van der Waals surface area contributed by atoms with Crippen molar-refractivity contribution in [3.05, 3.63) is 59.9 Å². The summed E-state index contributed by atoms with van der Waals surface area (Å²) in [5, 5.41) is 12.5. The largest absolute Gasteiger partial charge is 0.393 e. The molecule has 120 valence electrons. The number of carbonyl (C=O) groups is 1. The third kappa shape index (κ3) is 3.68. The standard InChI is InChI=1S/C18H19FN2O2/c19-14-5-3-4-13(12-14)18(23)20-16-6-1-2-7-17(16)21-10-8-15(22)9-11-21/h1-7,12,15,22H,8-11H2,(H,20,23). The quantitative estimate of drug-likeness (QED) is 0.915. The van der Waals surface area contributed by atoms with Crippen LogP contribution in [0.3, 0.4) is 0 Å². The summed E-state index contributed by atoms with van der Waals surface area (Å²) in [6.07, 6.45) is 1.18. The lowest BCUT2D eigenvalue weighted by Crippen LogP contribution is -2.36. The van der Waals surface area contributed by atoms with E-state index in [1.165, 1.54) is 18.2 Å². The number of hydrogen-bond donors (Lipinski definition) is 2. The Balaban J connectivity index is 1.79. The number of amides is 1. The van der Waals surface area contributed by atoms with Crippen LogP contribution in [0.1, 0.15) is 23.2 Å². The first-order valence-corrected chi connectivity index (χ1v) is 7.72. The fourth-order valence-corrected chi connectivity index (χ4v) is 2.79. The maximum atomic E-state index is 13.3. The zero-order chi connectivity index (χ0) is 16.2. The molecule has 5 heteroatoms. The Bertz CT molecular complexity index is 697. The summed E-state index contributed by atoms with van der Waals surface area (Å²) in [6, 6.07) is 13.2. The Hall–Kier alpha value is -2.40. The molecular weight excluding hydrogens is 295 g/mol. The number of anilines is 2. The Morgan fingerprint density at radius 1 is 1.13 bits per heavy atom. The summed E-state index contributed by atoms with van der Waals surface area (Å²) in [4.78, 5) is 14.5. The van der Waals surface area contributed by atoms with Crippen LogP contribution in [-0.4, -0.2) is 30.2 Å². The molecule has 1 amide bonds. The highest BCUT2D eigenvalue weighted by Crippen LogP contribution is 2.28. The van der Waals surface area contributed by atoms with Gasteiger partial charge in [0, 0.05) is 18.7 Å². The molecule has 0 unspecified atom stereocenters. The number of para-hydroxylation sites is 2. The molecule has 1 heterocycles. The zero-order valence-electron chi connectivity index (χ0n) is 12.7. The van der Waals surface area contributed by atoms with Gasteiger partial charge in [0.15, 0.2) is 0 Å². The second-order valence-electron chi connectivity index (χ2n) is 5.70. The number of aliphatic hydroxyl groups is 1. The molecule has 0 spiro atoms. The summed E-state index contributed by atoms with van der Waals surface area (Å²) in [7, 11) is 0. The van der Waals surface area contributed by atoms with Crippen molar-refractivity contribution in [3.63, 3.8) is 0 Å². The van der Waals surface area contributed by atoms with E-state index in [0.717, 1.165) is 18.8 Å². The molecular formula is C18H19FN2O2. The summed E-state index contributed by atoms with van der Waals surface area (Å²) in [6.45, 7) is 1.49. The van der Waals surface area contributed by atoms with Gasteiger partial charge in [0.25, 0.3) is 5.91 Å². The van der Waals surface area contributed by atoms with Crippen molar-refractivity contribution in [1.29, 1.82) is 0 Å². The number of aliphatic hydroxyl groups excluding tert-OH is 1. The van der Waals surface area contributed by atoms with Crippen molar-refractivity contribution >= 4 is 17.3 Å². The molecule has 0 bridgehead atoms. The molecule has 1 aliphatic heterocycles. The number of rotatable bonds is 3. The van der Waals surface area contributed by atoms with Crippen LogP contribution in [0.4, 0.5) is 15.8 Å². The molecule has 2 aromatic carbocycles. The first kappa shape index (κ1) is 15.5. The van der Waals surface area contributed by atoms with Crippen LogP contribution in [0.25, 0.3) is 0 Å². The minimum Gasteiger partial charge on any atom is -0.393 e. The van der Waals surface area contributed by atoms with Crippen molar-refractivity contribution < 1.29 is 14.3 Å². The fraction of sp³-hybridized carbons (Fsp3) is 0.278. The first-order chi connectivity index (χ1) is 11.1. The molecule has 1 saturated heterocycles. The number of benzene rings is 2. The average Bonchev–Trinajstić information content (AvgIpc) is 2.56. The molecule has 0 aliphatic carbocycles. The summed E-state index contributed by atoms with van der Waals surface area (Å²) in [5.41, 5.74) is 1.90. The van der Waals surface area contributed by atoms with Gasteiger partial charge in [-0.1, -0.05) is 18.2 Å². The predicted molar refractivity (Wildman–Crippen MR) is 88.2 cm³/mol. The molecule has 3 rings (SSSR count). The van der Waals surface area contributed by atoms with E-state index in [2.05, 4.69) is 10.2 Å².